The maximum Gasteiger partial charge on any atom is 0.247 e. The smallest absolute Gasteiger partial charge is 0.247 e. The lowest BCUT2D eigenvalue weighted by Gasteiger charge is -2.37. The van der Waals surface area contributed by atoms with Crippen molar-refractivity contribution in [1.29, 1.82) is 0 Å². The van der Waals surface area contributed by atoms with Crippen LogP contribution >= 0.6 is 0 Å². The van der Waals surface area contributed by atoms with Crippen molar-refractivity contribution in [3.63, 3.8) is 0 Å². The molecule has 4 rings (SSSR count). The van der Waals surface area contributed by atoms with Gasteiger partial charge >= 0.3 is 0 Å². The van der Waals surface area contributed by atoms with Crippen molar-refractivity contribution in [2.24, 2.45) is 0 Å². The summed E-state index contributed by atoms with van der Waals surface area (Å²) in [6.07, 6.45) is 3.01. The molecule has 2 saturated heterocycles. The quantitative estimate of drug-likeness (QED) is 0.923. The lowest BCUT2D eigenvalue weighted by atomic mass is 10.0. The zero-order valence-electron chi connectivity index (χ0n) is 13.1. The number of para-hydroxylation sites is 1. The van der Waals surface area contributed by atoms with Crippen molar-refractivity contribution in [3.8, 4) is 0 Å². The molecule has 2 aliphatic rings. The molecule has 0 aliphatic carbocycles. The second-order valence-electron chi connectivity index (χ2n) is 5.84. The number of aromatic nitrogens is 3. The van der Waals surface area contributed by atoms with E-state index in [1.54, 1.807) is 18.2 Å². The van der Waals surface area contributed by atoms with E-state index in [0.717, 1.165) is 25.9 Å². The maximum atomic E-state index is 13.7. The van der Waals surface area contributed by atoms with Crippen LogP contribution in [0, 0.1) is 5.82 Å². The third-order valence-electron chi connectivity index (χ3n) is 4.31. The van der Waals surface area contributed by atoms with Crippen LogP contribution in [0.2, 0.25) is 0 Å². The first kappa shape index (κ1) is 15.2. The highest BCUT2D eigenvalue weighted by atomic mass is 19.1. The molecule has 24 heavy (non-hydrogen) atoms. The van der Waals surface area contributed by atoms with Gasteiger partial charge in [-0.2, -0.15) is 10.1 Å². The van der Waals surface area contributed by atoms with Gasteiger partial charge in [0.25, 0.3) is 0 Å². The molecule has 0 amide bonds. The van der Waals surface area contributed by atoms with Gasteiger partial charge in [-0.15, -0.1) is 5.10 Å². The number of nitrogens with one attached hydrogen (secondary N) is 1. The van der Waals surface area contributed by atoms with E-state index >= 15 is 0 Å². The Kier molecular flexibility index (Phi) is 3.99. The number of rotatable bonds is 3. The molecule has 2 aromatic rings. The molecule has 1 spiro atoms. The molecule has 3 heterocycles. The number of hydrogen-bond acceptors (Lipinski definition) is 7. The number of anilines is 3. The van der Waals surface area contributed by atoms with E-state index in [1.165, 1.54) is 12.3 Å². The highest BCUT2D eigenvalue weighted by Gasteiger charge is 2.40. The van der Waals surface area contributed by atoms with Crippen LogP contribution in [0.3, 0.4) is 0 Å². The van der Waals surface area contributed by atoms with Crippen LogP contribution in [0.5, 0.6) is 0 Å². The van der Waals surface area contributed by atoms with Crippen LogP contribution < -0.4 is 10.2 Å². The van der Waals surface area contributed by atoms with Gasteiger partial charge in [-0.25, -0.2) is 4.39 Å². The maximum absolute atomic E-state index is 13.7. The molecule has 1 N–H and O–H groups in total. The molecule has 7 nitrogen and oxygen atoms in total. The Balaban J connectivity index is 1.46. The minimum absolute atomic E-state index is 0.340. The summed E-state index contributed by atoms with van der Waals surface area (Å²) in [5.74, 6) is 0.198. The molecular formula is C16H18FN5O2. The fourth-order valence-electron chi connectivity index (χ4n) is 3.02. The van der Waals surface area contributed by atoms with Crippen molar-refractivity contribution in [2.75, 3.05) is 36.5 Å². The second kappa shape index (κ2) is 6.29. The number of benzene rings is 1. The third kappa shape index (κ3) is 3.02. The molecular weight excluding hydrogens is 313 g/mol. The van der Waals surface area contributed by atoms with Crippen LogP contribution in [0.1, 0.15) is 12.8 Å². The van der Waals surface area contributed by atoms with Crippen LogP contribution in [-0.2, 0) is 9.47 Å². The Hall–Kier alpha value is -2.32. The molecule has 0 radical (unpaired) electrons. The Bertz CT molecular complexity index is 713. The molecule has 1 aromatic carbocycles. The minimum atomic E-state index is -0.438. The van der Waals surface area contributed by atoms with Crippen LogP contribution in [0.15, 0.2) is 30.5 Å². The fraction of sp³-hybridized carbons (Fsp3) is 0.438. The topological polar surface area (TPSA) is 72.4 Å². The van der Waals surface area contributed by atoms with Gasteiger partial charge in [0.15, 0.2) is 11.6 Å². The fourth-order valence-corrected chi connectivity index (χ4v) is 3.02. The number of ether oxygens (including phenoxy) is 2. The SMILES string of the molecule is Fc1ccccc1Nc1cnnc(N2CCC3(CC2)OCCO3)n1. The standard InChI is InChI=1S/C16H18FN5O2/c17-12-3-1-2-4-13(12)19-14-11-18-21-15(20-14)22-7-5-16(6-8-22)23-9-10-24-16/h1-4,11H,5-10H2,(H,19,20,21). The zero-order chi connectivity index (χ0) is 16.4. The van der Waals surface area contributed by atoms with Gasteiger partial charge in [-0.3, -0.25) is 0 Å². The molecule has 0 atom stereocenters. The third-order valence-corrected chi connectivity index (χ3v) is 4.31. The molecule has 126 valence electrons. The first-order valence-corrected chi connectivity index (χ1v) is 7.98. The van der Waals surface area contributed by atoms with Crippen LogP contribution in [0.4, 0.5) is 21.8 Å². The van der Waals surface area contributed by atoms with E-state index in [9.17, 15) is 4.39 Å². The van der Waals surface area contributed by atoms with Crippen molar-refractivity contribution in [3.05, 3.63) is 36.3 Å². The van der Waals surface area contributed by atoms with Crippen molar-refractivity contribution >= 4 is 17.5 Å². The van der Waals surface area contributed by atoms with Gasteiger partial charge in [-0.1, -0.05) is 12.1 Å². The Morgan fingerprint density at radius 3 is 2.62 bits per heavy atom. The summed E-state index contributed by atoms with van der Waals surface area (Å²) < 4.78 is 25.2. The lowest BCUT2D eigenvalue weighted by Crippen LogP contribution is -2.45. The first-order chi connectivity index (χ1) is 11.7. The van der Waals surface area contributed by atoms with Crippen LogP contribution in [-0.4, -0.2) is 47.3 Å². The number of halogens is 1. The van der Waals surface area contributed by atoms with Crippen molar-refractivity contribution in [2.45, 2.75) is 18.6 Å². The minimum Gasteiger partial charge on any atom is -0.347 e. The molecule has 2 aliphatic heterocycles. The summed E-state index contributed by atoms with van der Waals surface area (Å²) in [5.41, 5.74) is 0.356. The predicted octanol–water partition coefficient (Wildman–Crippen LogP) is 2.10. The number of piperidine rings is 1. The Morgan fingerprint density at radius 1 is 1.12 bits per heavy atom. The van der Waals surface area contributed by atoms with E-state index in [2.05, 4.69) is 20.5 Å². The molecule has 2 fully saturated rings. The average Bonchev–Trinajstić information content (AvgIpc) is 3.06. The molecule has 0 saturated carbocycles. The Labute approximate surface area is 138 Å². The Morgan fingerprint density at radius 2 is 1.88 bits per heavy atom. The highest BCUT2D eigenvalue weighted by Crippen LogP contribution is 2.32. The van der Waals surface area contributed by atoms with E-state index in [-0.39, 0.29) is 5.82 Å². The number of nitrogens with zero attached hydrogens (tertiary/aromatic N) is 4. The van der Waals surface area contributed by atoms with Crippen molar-refractivity contribution in [1.82, 2.24) is 15.2 Å². The van der Waals surface area contributed by atoms with Gasteiger partial charge in [0.2, 0.25) is 5.95 Å². The van der Waals surface area contributed by atoms with Gasteiger partial charge < -0.3 is 19.7 Å². The summed E-state index contributed by atoms with van der Waals surface area (Å²) in [6, 6.07) is 6.44. The normalized spacial score (nSPS) is 19.6. The average molecular weight is 331 g/mol. The van der Waals surface area contributed by atoms with E-state index in [0.29, 0.717) is 30.7 Å². The van der Waals surface area contributed by atoms with E-state index in [1.807, 2.05) is 4.90 Å². The monoisotopic (exact) mass is 331 g/mol. The summed E-state index contributed by atoms with van der Waals surface area (Å²) in [7, 11) is 0. The van der Waals surface area contributed by atoms with E-state index in [4.69, 9.17) is 9.47 Å². The lowest BCUT2D eigenvalue weighted by molar-refractivity contribution is -0.169. The van der Waals surface area contributed by atoms with Gasteiger partial charge in [-0.05, 0) is 12.1 Å². The van der Waals surface area contributed by atoms with E-state index < -0.39 is 5.79 Å². The summed E-state index contributed by atoms with van der Waals surface area (Å²) in [6.45, 7) is 2.76. The molecule has 0 bridgehead atoms. The number of hydrogen-bond donors (Lipinski definition) is 1. The van der Waals surface area contributed by atoms with Gasteiger partial charge in [0.1, 0.15) is 5.82 Å². The molecule has 8 heteroatoms. The zero-order valence-corrected chi connectivity index (χ0v) is 13.1. The summed E-state index contributed by atoms with van der Waals surface area (Å²) in [4.78, 5) is 6.48. The van der Waals surface area contributed by atoms with Gasteiger partial charge in [0.05, 0.1) is 25.1 Å². The first-order valence-electron chi connectivity index (χ1n) is 7.98. The largest absolute Gasteiger partial charge is 0.347 e. The second-order valence-corrected chi connectivity index (χ2v) is 5.84. The molecule has 0 unspecified atom stereocenters. The highest BCUT2D eigenvalue weighted by molar-refractivity contribution is 5.56. The summed E-state index contributed by atoms with van der Waals surface area (Å²) >= 11 is 0. The van der Waals surface area contributed by atoms with Crippen LogP contribution in [0.25, 0.3) is 0 Å². The van der Waals surface area contributed by atoms with Crippen molar-refractivity contribution < 1.29 is 13.9 Å². The predicted molar refractivity (Wildman–Crippen MR) is 85.6 cm³/mol. The summed E-state index contributed by atoms with van der Waals surface area (Å²) in [5, 5.41) is 11.0. The molecule has 1 aromatic heterocycles. The van der Waals surface area contributed by atoms with Gasteiger partial charge in [0, 0.05) is 25.9 Å².